The van der Waals surface area contributed by atoms with Crippen LogP contribution in [0.4, 0.5) is 19.0 Å². The normalized spacial score (nSPS) is 11.6. The number of aliphatic hydroxyl groups is 1. The predicted molar refractivity (Wildman–Crippen MR) is 52.4 cm³/mol. The van der Waals surface area contributed by atoms with Gasteiger partial charge in [0.05, 0.1) is 19.0 Å². The highest BCUT2D eigenvalue weighted by molar-refractivity contribution is 6.29. The van der Waals surface area contributed by atoms with Crippen LogP contribution in [0, 0.1) is 0 Å². The molecule has 4 nitrogen and oxygen atoms in total. The Morgan fingerprint density at radius 2 is 2.06 bits per heavy atom. The molecule has 0 saturated carbocycles. The average molecular weight is 256 g/mol. The quantitative estimate of drug-likeness (QED) is 0.886. The van der Waals surface area contributed by atoms with E-state index in [2.05, 4.69) is 9.97 Å². The van der Waals surface area contributed by atoms with Gasteiger partial charge in [-0.15, -0.1) is 0 Å². The third-order valence-corrected chi connectivity index (χ3v) is 1.84. The largest absolute Gasteiger partial charge is 0.405 e. The summed E-state index contributed by atoms with van der Waals surface area (Å²) in [7, 11) is 0. The lowest BCUT2D eigenvalue weighted by Gasteiger charge is -2.23. The van der Waals surface area contributed by atoms with Crippen LogP contribution in [-0.2, 0) is 0 Å². The van der Waals surface area contributed by atoms with E-state index in [1.165, 1.54) is 6.20 Å². The van der Waals surface area contributed by atoms with E-state index < -0.39 is 19.3 Å². The molecule has 90 valence electrons. The highest BCUT2D eigenvalue weighted by Crippen LogP contribution is 2.20. The lowest BCUT2D eigenvalue weighted by Crippen LogP contribution is -2.36. The molecule has 1 rings (SSSR count). The Balaban J connectivity index is 2.85. The molecule has 0 saturated heterocycles. The maximum Gasteiger partial charge on any atom is 0.405 e. The van der Waals surface area contributed by atoms with Gasteiger partial charge in [0.15, 0.2) is 0 Å². The molecule has 0 aliphatic rings. The van der Waals surface area contributed by atoms with Gasteiger partial charge in [0.2, 0.25) is 0 Å². The zero-order valence-corrected chi connectivity index (χ0v) is 8.83. The Morgan fingerprint density at radius 1 is 1.38 bits per heavy atom. The number of alkyl halides is 3. The molecule has 0 unspecified atom stereocenters. The van der Waals surface area contributed by atoms with Crippen LogP contribution >= 0.6 is 11.6 Å². The van der Waals surface area contributed by atoms with Gasteiger partial charge < -0.3 is 10.0 Å². The molecule has 1 aromatic heterocycles. The number of aromatic nitrogens is 2. The van der Waals surface area contributed by atoms with Crippen molar-refractivity contribution in [2.24, 2.45) is 0 Å². The molecular weight excluding hydrogens is 247 g/mol. The van der Waals surface area contributed by atoms with Crippen LogP contribution in [-0.4, -0.2) is 40.9 Å². The van der Waals surface area contributed by atoms with E-state index in [0.29, 0.717) is 0 Å². The van der Waals surface area contributed by atoms with Crippen LogP contribution < -0.4 is 4.90 Å². The summed E-state index contributed by atoms with van der Waals surface area (Å²) in [6.45, 7) is -1.80. The fourth-order valence-electron chi connectivity index (χ4n) is 1.10. The average Bonchev–Trinajstić information content (AvgIpc) is 2.15. The van der Waals surface area contributed by atoms with Gasteiger partial charge >= 0.3 is 6.18 Å². The van der Waals surface area contributed by atoms with Gasteiger partial charge in [0.25, 0.3) is 0 Å². The van der Waals surface area contributed by atoms with Crippen LogP contribution in [0.15, 0.2) is 12.4 Å². The topological polar surface area (TPSA) is 49.2 Å². The van der Waals surface area contributed by atoms with Crippen LogP contribution in [0.5, 0.6) is 0 Å². The van der Waals surface area contributed by atoms with E-state index >= 15 is 0 Å². The molecule has 0 amide bonds. The Bertz CT molecular complexity index is 348. The van der Waals surface area contributed by atoms with Gasteiger partial charge in [-0.3, -0.25) is 4.98 Å². The van der Waals surface area contributed by atoms with E-state index in [1.807, 2.05) is 0 Å². The molecular formula is C8H9ClF3N3O. The van der Waals surface area contributed by atoms with Gasteiger partial charge in [-0.2, -0.15) is 13.2 Å². The van der Waals surface area contributed by atoms with Crippen molar-refractivity contribution >= 4 is 17.4 Å². The van der Waals surface area contributed by atoms with E-state index in [9.17, 15) is 13.2 Å². The molecule has 0 radical (unpaired) electrons. The van der Waals surface area contributed by atoms with Crippen molar-refractivity contribution in [2.45, 2.75) is 6.18 Å². The number of rotatable bonds is 4. The monoisotopic (exact) mass is 255 g/mol. The summed E-state index contributed by atoms with van der Waals surface area (Å²) in [6, 6.07) is 0. The van der Waals surface area contributed by atoms with E-state index in [-0.39, 0.29) is 17.5 Å². The fourth-order valence-corrected chi connectivity index (χ4v) is 1.24. The molecule has 8 heteroatoms. The lowest BCUT2D eigenvalue weighted by atomic mass is 10.4. The minimum atomic E-state index is -4.38. The first-order valence-electron chi connectivity index (χ1n) is 4.32. The van der Waals surface area contributed by atoms with Crippen molar-refractivity contribution < 1.29 is 18.3 Å². The summed E-state index contributed by atoms with van der Waals surface area (Å²) in [4.78, 5) is 8.19. The van der Waals surface area contributed by atoms with Gasteiger partial charge in [0.1, 0.15) is 17.5 Å². The molecule has 0 aliphatic heterocycles. The fraction of sp³-hybridized carbons (Fsp3) is 0.500. The van der Waals surface area contributed by atoms with Gasteiger partial charge in [-0.05, 0) is 0 Å². The zero-order valence-electron chi connectivity index (χ0n) is 8.08. The molecule has 1 heterocycles. The van der Waals surface area contributed by atoms with E-state index in [4.69, 9.17) is 16.7 Å². The minimum absolute atomic E-state index is 0.00242. The summed E-state index contributed by atoms with van der Waals surface area (Å²) >= 11 is 5.52. The third kappa shape index (κ3) is 4.19. The third-order valence-electron chi connectivity index (χ3n) is 1.66. The molecule has 0 aromatic carbocycles. The molecule has 1 N–H and O–H groups in total. The standard InChI is InChI=1S/C8H9ClF3N3O/c9-6-3-13-4-7(14-6)15(1-2-16)5-8(10,11)12/h3-4,16H,1-2,5H2. The number of hydrogen-bond acceptors (Lipinski definition) is 4. The molecule has 16 heavy (non-hydrogen) atoms. The number of hydrogen-bond donors (Lipinski definition) is 1. The van der Waals surface area contributed by atoms with Crippen molar-refractivity contribution in [1.29, 1.82) is 0 Å². The lowest BCUT2D eigenvalue weighted by molar-refractivity contribution is -0.120. The summed E-state index contributed by atoms with van der Waals surface area (Å²) in [5.74, 6) is -0.0149. The first kappa shape index (κ1) is 13.0. The molecule has 0 atom stereocenters. The van der Waals surface area contributed by atoms with Crippen LogP contribution in [0.2, 0.25) is 5.15 Å². The summed E-state index contributed by atoms with van der Waals surface area (Å²) in [5.41, 5.74) is 0. The second-order valence-corrected chi connectivity index (χ2v) is 3.35. The number of aliphatic hydroxyl groups excluding tert-OH is 1. The number of halogens is 4. The molecule has 0 fully saturated rings. The Kier molecular flexibility index (Phi) is 4.31. The van der Waals surface area contributed by atoms with Crippen molar-refractivity contribution in [3.8, 4) is 0 Å². The van der Waals surface area contributed by atoms with Crippen LogP contribution in [0.3, 0.4) is 0 Å². The zero-order chi connectivity index (χ0) is 12.2. The SMILES string of the molecule is OCCN(CC(F)(F)F)c1cncc(Cl)n1. The first-order valence-corrected chi connectivity index (χ1v) is 4.70. The minimum Gasteiger partial charge on any atom is -0.395 e. The number of anilines is 1. The van der Waals surface area contributed by atoms with Crippen molar-refractivity contribution in [2.75, 3.05) is 24.6 Å². The predicted octanol–water partition coefficient (Wildman–Crippen LogP) is 1.49. The maximum atomic E-state index is 12.2. The van der Waals surface area contributed by atoms with Crippen LogP contribution in [0.25, 0.3) is 0 Å². The molecule has 0 spiro atoms. The molecule has 1 aromatic rings. The summed E-state index contributed by atoms with van der Waals surface area (Å²) < 4.78 is 36.6. The maximum absolute atomic E-state index is 12.2. The Hall–Kier alpha value is -1.08. The second kappa shape index (κ2) is 5.31. The van der Waals surface area contributed by atoms with Crippen LogP contribution in [0.1, 0.15) is 0 Å². The van der Waals surface area contributed by atoms with E-state index in [0.717, 1.165) is 11.1 Å². The summed E-state index contributed by atoms with van der Waals surface area (Å²) in [5, 5.41) is 8.68. The Labute approximate surface area is 94.7 Å². The molecule has 0 bridgehead atoms. The highest BCUT2D eigenvalue weighted by atomic mass is 35.5. The van der Waals surface area contributed by atoms with Gasteiger partial charge in [-0.25, -0.2) is 4.98 Å². The number of nitrogens with zero attached hydrogens (tertiary/aromatic N) is 3. The first-order chi connectivity index (χ1) is 7.42. The van der Waals surface area contributed by atoms with Gasteiger partial charge in [0, 0.05) is 6.54 Å². The van der Waals surface area contributed by atoms with Crippen molar-refractivity contribution in [3.63, 3.8) is 0 Å². The van der Waals surface area contributed by atoms with Crippen molar-refractivity contribution in [3.05, 3.63) is 17.5 Å². The molecule has 0 aliphatic carbocycles. The smallest absolute Gasteiger partial charge is 0.395 e. The second-order valence-electron chi connectivity index (χ2n) is 2.96. The van der Waals surface area contributed by atoms with E-state index in [1.54, 1.807) is 0 Å². The Morgan fingerprint density at radius 3 is 2.56 bits per heavy atom. The van der Waals surface area contributed by atoms with Gasteiger partial charge in [-0.1, -0.05) is 11.6 Å². The highest BCUT2D eigenvalue weighted by Gasteiger charge is 2.31. The van der Waals surface area contributed by atoms with Crippen molar-refractivity contribution in [1.82, 2.24) is 9.97 Å². The summed E-state index contributed by atoms with van der Waals surface area (Å²) in [6.07, 6.45) is -2.00.